The second kappa shape index (κ2) is 9.25. The Bertz CT molecular complexity index is 1000. The number of nitrogens with one attached hydrogen (secondary N) is 1. The molecule has 1 saturated heterocycles. The van der Waals surface area contributed by atoms with Crippen LogP contribution < -0.4 is 10.2 Å². The molecule has 30 heavy (non-hydrogen) atoms. The van der Waals surface area contributed by atoms with Gasteiger partial charge in [0.1, 0.15) is 5.01 Å². The predicted octanol–water partition coefficient (Wildman–Crippen LogP) is 3.83. The molecule has 4 rings (SSSR count). The third kappa shape index (κ3) is 4.79. The minimum absolute atomic E-state index is 0.292. The summed E-state index contributed by atoms with van der Waals surface area (Å²) in [5.41, 5.74) is 1.83. The lowest BCUT2D eigenvalue weighted by molar-refractivity contribution is 0.102. The number of carbonyl (C=O) groups excluding carboxylic acids is 1. The van der Waals surface area contributed by atoms with Crippen LogP contribution in [0, 0.1) is 5.92 Å². The van der Waals surface area contributed by atoms with Crippen molar-refractivity contribution in [2.75, 3.05) is 23.3 Å². The van der Waals surface area contributed by atoms with Crippen LogP contribution in [0.15, 0.2) is 30.7 Å². The Morgan fingerprint density at radius 2 is 1.93 bits per heavy atom. The van der Waals surface area contributed by atoms with E-state index in [1.807, 2.05) is 12.1 Å². The van der Waals surface area contributed by atoms with Gasteiger partial charge in [-0.1, -0.05) is 25.2 Å². The number of hydrogen-bond donors (Lipinski definition) is 1. The van der Waals surface area contributed by atoms with Crippen LogP contribution in [0.1, 0.15) is 48.5 Å². The van der Waals surface area contributed by atoms with Gasteiger partial charge in [0.05, 0.1) is 11.3 Å². The Labute approximate surface area is 179 Å². The molecule has 1 amide bonds. The monoisotopic (exact) mass is 423 g/mol. The van der Waals surface area contributed by atoms with Crippen molar-refractivity contribution in [1.82, 2.24) is 25.1 Å². The highest BCUT2D eigenvalue weighted by Gasteiger charge is 2.21. The molecule has 0 aromatic carbocycles. The van der Waals surface area contributed by atoms with Crippen molar-refractivity contribution in [3.63, 3.8) is 0 Å². The summed E-state index contributed by atoms with van der Waals surface area (Å²) in [6.07, 6.45) is 9.33. The van der Waals surface area contributed by atoms with E-state index >= 15 is 0 Å². The first kappa shape index (κ1) is 20.3. The summed E-state index contributed by atoms with van der Waals surface area (Å²) in [5, 5.41) is 12.5. The fraction of sp³-hybridized carbons (Fsp3) is 0.429. The SMILES string of the molecule is CC(C)Cc1nnc(NC(=O)c2cnc(N3CCCCC3)nc2-c2ccncc2)s1. The molecule has 3 aromatic rings. The van der Waals surface area contributed by atoms with Crippen LogP contribution in [0.25, 0.3) is 11.3 Å². The van der Waals surface area contributed by atoms with Crippen LogP contribution in [0.2, 0.25) is 0 Å². The zero-order chi connectivity index (χ0) is 20.9. The molecule has 3 aromatic heterocycles. The number of nitrogens with zero attached hydrogens (tertiary/aromatic N) is 6. The molecule has 0 saturated carbocycles. The summed E-state index contributed by atoms with van der Waals surface area (Å²) in [6.45, 7) is 6.12. The molecule has 0 unspecified atom stereocenters. The molecule has 156 valence electrons. The molecule has 0 bridgehead atoms. The minimum atomic E-state index is -0.292. The number of anilines is 2. The normalized spacial score (nSPS) is 14.2. The van der Waals surface area contributed by atoms with Gasteiger partial charge in [0.15, 0.2) is 0 Å². The molecular formula is C21H25N7OS. The van der Waals surface area contributed by atoms with Gasteiger partial charge in [-0.3, -0.25) is 15.1 Å². The largest absolute Gasteiger partial charge is 0.341 e. The second-order valence-electron chi connectivity index (χ2n) is 7.77. The number of rotatable bonds is 6. The molecule has 1 aliphatic rings. The van der Waals surface area contributed by atoms with Gasteiger partial charge in [-0.25, -0.2) is 9.97 Å². The number of hydrogen-bond acceptors (Lipinski definition) is 8. The van der Waals surface area contributed by atoms with Gasteiger partial charge in [0.25, 0.3) is 5.91 Å². The maximum Gasteiger partial charge on any atom is 0.261 e. The average Bonchev–Trinajstić information content (AvgIpc) is 3.20. The van der Waals surface area contributed by atoms with Crippen molar-refractivity contribution in [3.8, 4) is 11.3 Å². The second-order valence-corrected chi connectivity index (χ2v) is 8.83. The minimum Gasteiger partial charge on any atom is -0.341 e. The molecular weight excluding hydrogens is 398 g/mol. The van der Waals surface area contributed by atoms with E-state index in [2.05, 4.69) is 44.2 Å². The van der Waals surface area contributed by atoms with E-state index in [1.165, 1.54) is 17.8 Å². The number of aromatic nitrogens is 5. The first-order valence-corrected chi connectivity index (χ1v) is 11.1. The van der Waals surface area contributed by atoms with Crippen LogP contribution in [0.5, 0.6) is 0 Å². The van der Waals surface area contributed by atoms with E-state index in [4.69, 9.17) is 4.98 Å². The maximum absolute atomic E-state index is 13.0. The highest BCUT2D eigenvalue weighted by atomic mass is 32.1. The van der Waals surface area contributed by atoms with Gasteiger partial charge in [0.2, 0.25) is 11.1 Å². The predicted molar refractivity (Wildman–Crippen MR) is 118 cm³/mol. The van der Waals surface area contributed by atoms with Gasteiger partial charge in [-0.2, -0.15) is 0 Å². The molecule has 1 fully saturated rings. The van der Waals surface area contributed by atoms with E-state index in [9.17, 15) is 4.79 Å². The lowest BCUT2D eigenvalue weighted by Crippen LogP contribution is -2.31. The van der Waals surface area contributed by atoms with Crippen molar-refractivity contribution in [3.05, 3.63) is 41.3 Å². The van der Waals surface area contributed by atoms with Crippen molar-refractivity contribution >= 4 is 28.3 Å². The quantitative estimate of drug-likeness (QED) is 0.643. The van der Waals surface area contributed by atoms with Crippen molar-refractivity contribution in [2.45, 2.75) is 39.5 Å². The Morgan fingerprint density at radius 1 is 1.17 bits per heavy atom. The topological polar surface area (TPSA) is 96.8 Å². The molecule has 0 atom stereocenters. The molecule has 0 aliphatic carbocycles. The van der Waals surface area contributed by atoms with E-state index in [-0.39, 0.29) is 5.91 Å². The summed E-state index contributed by atoms with van der Waals surface area (Å²) in [6, 6.07) is 3.70. The molecule has 1 aliphatic heterocycles. The Kier molecular flexibility index (Phi) is 6.27. The Balaban J connectivity index is 1.62. The highest BCUT2D eigenvalue weighted by molar-refractivity contribution is 7.15. The first-order valence-electron chi connectivity index (χ1n) is 10.3. The average molecular weight is 424 g/mol. The number of carbonyl (C=O) groups is 1. The first-order chi connectivity index (χ1) is 14.6. The van der Waals surface area contributed by atoms with E-state index in [1.54, 1.807) is 18.6 Å². The molecule has 8 nitrogen and oxygen atoms in total. The molecule has 1 N–H and O–H groups in total. The van der Waals surface area contributed by atoms with E-state index in [0.29, 0.717) is 28.3 Å². The van der Waals surface area contributed by atoms with Crippen LogP contribution in [-0.2, 0) is 6.42 Å². The number of amides is 1. The summed E-state index contributed by atoms with van der Waals surface area (Å²) in [7, 11) is 0. The van der Waals surface area contributed by atoms with Gasteiger partial charge in [0, 0.05) is 43.7 Å². The standard InChI is InChI=1S/C21H25N7OS/c1-14(2)12-17-26-27-21(30-17)25-19(29)16-13-23-20(28-10-4-3-5-11-28)24-18(16)15-6-8-22-9-7-15/h6-9,13-14H,3-5,10-12H2,1-2H3,(H,25,27,29). The van der Waals surface area contributed by atoms with Crippen LogP contribution in [0.4, 0.5) is 11.1 Å². The van der Waals surface area contributed by atoms with Crippen molar-refractivity contribution in [2.24, 2.45) is 5.92 Å². The third-order valence-corrected chi connectivity index (χ3v) is 5.74. The van der Waals surface area contributed by atoms with Crippen LogP contribution >= 0.6 is 11.3 Å². The van der Waals surface area contributed by atoms with E-state index in [0.717, 1.165) is 42.9 Å². The van der Waals surface area contributed by atoms with E-state index < -0.39 is 0 Å². The van der Waals surface area contributed by atoms with Crippen LogP contribution in [-0.4, -0.2) is 44.1 Å². The van der Waals surface area contributed by atoms with Crippen LogP contribution in [0.3, 0.4) is 0 Å². The van der Waals surface area contributed by atoms with Gasteiger partial charge in [-0.05, 0) is 37.3 Å². The lowest BCUT2D eigenvalue weighted by Gasteiger charge is -2.27. The van der Waals surface area contributed by atoms with Gasteiger partial charge < -0.3 is 4.90 Å². The lowest BCUT2D eigenvalue weighted by atomic mass is 10.1. The Hall–Kier alpha value is -2.94. The number of pyridine rings is 1. The highest BCUT2D eigenvalue weighted by Crippen LogP contribution is 2.26. The fourth-order valence-electron chi connectivity index (χ4n) is 3.42. The fourth-order valence-corrected chi connectivity index (χ4v) is 4.36. The summed E-state index contributed by atoms with van der Waals surface area (Å²) < 4.78 is 0. The summed E-state index contributed by atoms with van der Waals surface area (Å²) in [5.74, 6) is 0.850. The Morgan fingerprint density at radius 3 is 2.67 bits per heavy atom. The molecule has 9 heteroatoms. The maximum atomic E-state index is 13.0. The van der Waals surface area contributed by atoms with Crippen molar-refractivity contribution < 1.29 is 4.79 Å². The summed E-state index contributed by atoms with van der Waals surface area (Å²) >= 11 is 1.40. The molecule has 0 radical (unpaired) electrons. The third-order valence-electron chi connectivity index (χ3n) is 4.88. The summed E-state index contributed by atoms with van der Waals surface area (Å²) in [4.78, 5) is 28.6. The van der Waals surface area contributed by atoms with Gasteiger partial charge in [-0.15, -0.1) is 10.2 Å². The smallest absolute Gasteiger partial charge is 0.261 e. The number of piperidine rings is 1. The molecule has 0 spiro atoms. The zero-order valence-electron chi connectivity index (χ0n) is 17.2. The van der Waals surface area contributed by atoms with Crippen molar-refractivity contribution in [1.29, 1.82) is 0 Å². The zero-order valence-corrected chi connectivity index (χ0v) is 18.0. The molecule has 4 heterocycles. The van der Waals surface area contributed by atoms with Gasteiger partial charge >= 0.3 is 0 Å².